The first kappa shape index (κ1) is 14.6. The maximum absolute atomic E-state index is 12.6. The largest absolute Gasteiger partial charge is 0.493 e. The maximum atomic E-state index is 12.6. The van der Waals surface area contributed by atoms with Crippen molar-refractivity contribution in [2.45, 2.75) is 19.8 Å². The molecule has 5 nitrogen and oxygen atoms in total. The van der Waals surface area contributed by atoms with E-state index < -0.39 is 0 Å². The van der Waals surface area contributed by atoms with Gasteiger partial charge in [0.05, 0.1) is 19.6 Å². The molecule has 3 heterocycles. The summed E-state index contributed by atoms with van der Waals surface area (Å²) in [5, 5.41) is 1.03. The first-order chi connectivity index (χ1) is 11.2. The van der Waals surface area contributed by atoms with Crippen LogP contribution in [0.4, 0.5) is 0 Å². The van der Waals surface area contributed by atoms with Crippen LogP contribution in [0.3, 0.4) is 0 Å². The van der Waals surface area contributed by atoms with Gasteiger partial charge >= 0.3 is 0 Å². The second-order valence-corrected chi connectivity index (χ2v) is 6.65. The molecule has 1 aromatic carbocycles. The number of hydrogen-bond donors (Lipinski definition) is 1. The van der Waals surface area contributed by atoms with Gasteiger partial charge in [-0.3, -0.25) is 4.79 Å². The average molecular weight is 314 g/mol. The molecule has 122 valence electrons. The van der Waals surface area contributed by atoms with Gasteiger partial charge < -0.3 is 19.4 Å². The number of ether oxygens (including phenoxy) is 2. The minimum Gasteiger partial charge on any atom is -0.493 e. The second-order valence-electron chi connectivity index (χ2n) is 6.65. The van der Waals surface area contributed by atoms with Crippen molar-refractivity contribution in [3.8, 4) is 5.75 Å². The Hall–Kier alpha value is -2.01. The molecular formula is C18H22N2O3. The van der Waals surface area contributed by atoms with Crippen molar-refractivity contribution in [3.63, 3.8) is 0 Å². The fourth-order valence-electron chi connectivity index (χ4n) is 3.75. The molecule has 0 unspecified atom stereocenters. The first-order valence-electron chi connectivity index (χ1n) is 8.28. The Morgan fingerprint density at radius 1 is 1.43 bits per heavy atom. The Morgan fingerprint density at radius 2 is 2.30 bits per heavy atom. The van der Waals surface area contributed by atoms with Gasteiger partial charge in [-0.05, 0) is 31.0 Å². The summed E-state index contributed by atoms with van der Waals surface area (Å²) in [4.78, 5) is 17.8. The summed E-state index contributed by atoms with van der Waals surface area (Å²) in [6.07, 6.45) is 3.43. The number of likely N-dealkylation sites (tertiary alicyclic amines) is 1. The molecule has 23 heavy (non-hydrogen) atoms. The van der Waals surface area contributed by atoms with E-state index >= 15 is 0 Å². The Balaban J connectivity index is 1.50. The van der Waals surface area contributed by atoms with Gasteiger partial charge in [0.1, 0.15) is 5.75 Å². The highest BCUT2D eigenvalue weighted by atomic mass is 16.5. The molecule has 0 aliphatic carbocycles. The lowest BCUT2D eigenvalue weighted by atomic mass is 9.79. The van der Waals surface area contributed by atoms with E-state index in [1.54, 1.807) is 0 Å². The summed E-state index contributed by atoms with van der Waals surface area (Å²) < 4.78 is 11.2. The summed E-state index contributed by atoms with van der Waals surface area (Å²) >= 11 is 0. The maximum Gasteiger partial charge on any atom is 0.227 e. The molecule has 2 aromatic rings. The highest BCUT2D eigenvalue weighted by molar-refractivity contribution is 5.93. The van der Waals surface area contributed by atoms with Gasteiger partial charge in [0.25, 0.3) is 0 Å². The number of fused-ring (bicyclic) bond motifs is 1. The number of benzene rings is 1. The summed E-state index contributed by atoms with van der Waals surface area (Å²) in [7, 11) is 0. The molecule has 4 rings (SSSR count). The van der Waals surface area contributed by atoms with E-state index in [0.29, 0.717) is 13.0 Å². The molecular weight excluding hydrogens is 292 g/mol. The van der Waals surface area contributed by atoms with Crippen LogP contribution >= 0.6 is 0 Å². The van der Waals surface area contributed by atoms with Gasteiger partial charge in [-0.25, -0.2) is 0 Å². The van der Waals surface area contributed by atoms with Gasteiger partial charge in [-0.2, -0.15) is 0 Å². The number of aromatic amines is 1. The number of rotatable bonds is 4. The Labute approximate surface area is 135 Å². The van der Waals surface area contributed by atoms with Crippen molar-refractivity contribution in [1.82, 2.24) is 9.88 Å². The van der Waals surface area contributed by atoms with E-state index in [1.165, 1.54) is 0 Å². The standard InChI is InChI=1S/C18H22N2O3/c1-2-23-15-5-3-4-14-17(15)13(9-19-14)8-16(21)20-10-18(11-20)6-7-22-12-18/h3-5,9,19H,2,6-8,10-12H2,1H3. The van der Waals surface area contributed by atoms with Crippen LogP contribution in [0.25, 0.3) is 10.9 Å². The molecule has 1 amide bonds. The fourth-order valence-corrected chi connectivity index (χ4v) is 3.75. The zero-order valence-electron chi connectivity index (χ0n) is 13.4. The molecule has 2 saturated heterocycles. The molecule has 1 spiro atoms. The third-order valence-electron chi connectivity index (χ3n) is 4.98. The number of carbonyl (C=O) groups is 1. The van der Waals surface area contributed by atoms with E-state index in [1.807, 2.05) is 36.2 Å². The van der Waals surface area contributed by atoms with Crippen molar-refractivity contribution < 1.29 is 14.3 Å². The van der Waals surface area contributed by atoms with Gasteiger partial charge in [-0.1, -0.05) is 6.07 Å². The number of nitrogens with one attached hydrogen (secondary N) is 1. The molecule has 1 N–H and O–H groups in total. The number of hydrogen-bond acceptors (Lipinski definition) is 3. The Morgan fingerprint density at radius 3 is 3.04 bits per heavy atom. The lowest BCUT2D eigenvalue weighted by Gasteiger charge is -2.47. The number of amides is 1. The molecule has 0 bridgehead atoms. The van der Waals surface area contributed by atoms with Crippen LogP contribution in [0.15, 0.2) is 24.4 Å². The summed E-state index contributed by atoms with van der Waals surface area (Å²) in [6.45, 7) is 5.91. The zero-order chi connectivity index (χ0) is 15.9. The van der Waals surface area contributed by atoms with Crippen molar-refractivity contribution in [1.29, 1.82) is 0 Å². The van der Waals surface area contributed by atoms with Crippen LogP contribution in [-0.2, 0) is 16.0 Å². The number of nitrogens with zero attached hydrogens (tertiary/aromatic N) is 1. The van der Waals surface area contributed by atoms with E-state index in [2.05, 4.69) is 4.98 Å². The Kier molecular flexibility index (Phi) is 3.53. The highest BCUT2D eigenvalue weighted by Crippen LogP contribution is 2.38. The minimum absolute atomic E-state index is 0.190. The third kappa shape index (κ3) is 2.49. The smallest absolute Gasteiger partial charge is 0.227 e. The third-order valence-corrected chi connectivity index (χ3v) is 4.98. The number of aromatic nitrogens is 1. The SMILES string of the molecule is CCOc1cccc2[nH]cc(CC(=O)N3CC4(CCOC4)C3)c12. The normalized spacial score (nSPS) is 19.3. The van der Waals surface area contributed by atoms with E-state index in [-0.39, 0.29) is 11.3 Å². The topological polar surface area (TPSA) is 54.6 Å². The molecule has 0 atom stereocenters. The van der Waals surface area contributed by atoms with Crippen LogP contribution < -0.4 is 4.74 Å². The monoisotopic (exact) mass is 314 g/mol. The summed E-state index contributed by atoms with van der Waals surface area (Å²) in [5.74, 6) is 1.04. The molecule has 0 saturated carbocycles. The molecule has 5 heteroatoms. The van der Waals surface area contributed by atoms with Crippen molar-refractivity contribution in [2.75, 3.05) is 32.9 Å². The van der Waals surface area contributed by atoms with Crippen LogP contribution in [-0.4, -0.2) is 48.7 Å². The fraction of sp³-hybridized carbons (Fsp3) is 0.500. The van der Waals surface area contributed by atoms with Crippen LogP contribution in [0, 0.1) is 5.41 Å². The van der Waals surface area contributed by atoms with E-state index in [9.17, 15) is 4.79 Å². The zero-order valence-corrected chi connectivity index (χ0v) is 13.4. The Bertz CT molecular complexity index is 723. The molecule has 2 aliphatic heterocycles. The molecule has 2 fully saturated rings. The summed E-state index contributed by atoms with van der Waals surface area (Å²) in [6, 6.07) is 5.94. The average Bonchev–Trinajstić information content (AvgIpc) is 3.14. The highest BCUT2D eigenvalue weighted by Gasteiger charge is 2.47. The molecule has 1 aromatic heterocycles. The van der Waals surface area contributed by atoms with E-state index in [4.69, 9.17) is 9.47 Å². The lowest BCUT2D eigenvalue weighted by Crippen LogP contribution is -2.59. The predicted octanol–water partition coefficient (Wildman–Crippen LogP) is 2.36. The summed E-state index contributed by atoms with van der Waals surface area (Å²) in [5.41, 5.74) is 2.27. The van der Waals surface area contributed by atoms with Gasteiger partial charge in [0, 0.05) is 42.2 Å². The predicted molar refractivity (Wildman–Crippen MR) is 87.6 cm³/mol. The van der Waals surface area contributed by atoms with Crippen LogP contribution in [0.2, 0.25) is 0 Å². The van der Waals surface area contributed by atoms with Gasteiger partial charge in [0.2, 0.25) is 5.91 Å². The van der Waals surface area contributed by atoms with Crippen LogP contribution in [0.5, 0.6) is 5.75 Å². The second kappa shape index (κ2) is 5.57. The number of carbonyl (C=O) groups excluding carboxylic acids is 1. The van der Waals surface area contributed by atoms with Crippen LogP contribution in [0.1, 0.15) is 18.9 Å². The van der Waals surface area contributed by atoms with Gasteiger partial charge in [-0.15, -0.1) is 0 Å². The first-order valence-corrected chi connectivity index (χ1v) is 8.28. The molecule has 2 aliphatic rings. The minimum atomic E-state index is 0.190. The van der Waals surface area contributed by atoms with Crippen molar-refractivity contribution >= 4 is 16.8 Å². The molecule has 0 radical (unpaired) electrons. The van der Waals surface area contributed by atoms with Crippen molar-refractivity contribution in [2.24, 2.45) is 5.41 Å². The lowest BCUT2D eigenvalue weighted by molar-refractivity contribution is -0.142. The quantitative estimate of drug-likeness (QED) is 0.942. The van der Waals surface area contributed by atoms with E-state index in [0.717, 1.165) is 54.9 Å². The van der Waals surface area contributed by atoms with Crippen molar-refractivity contribution in [3.05, 3.63) is 30.0 Å². The van der Waals surface area contributed by atoms with Gasteiger partial charge in [0.15, 0.2) is 0 Å². The number of H-pyrrole nitrogens is 1.